The fourth-order valence-electron chi connectivity index (χ4n) is 2.83. The molecular weight excluding hydrogens is 316 g/mol. The molecule has 3 N–H and O–H groups in total. The second kappa shape index (κ2) is 8.31. The van der Waals surface area contributed by atoms with E-state index in [1.54, 1.807) is 31.2 Å². The second-order valence-electron chi connectivity index (χ2n) is 6.11. The van der Waals surface area contributed by atoms with E-state index in [9.17, 15) is 14.7 Å². The Hall–Kier alpha value is -1.59. The molecule has 0 radical (unpaired) electrons. The molecule has 126 valence electrons. The lowest BCUT2D eigenvalue weighted by Gasteiger charge is -2.26. The van der Waals surface area contributed by atoms with Gasteiger partial charge in [0.15, 0.2) is 0 Å². The maximum atomic E-state index is 12.1. The van der Waals surface area contributed by atoms with Gasteiger partial charge in [0.25, 0.3) is 5.91 Å². The number of benzene rings is 1. The summed E-state index contributed by atoms with van der Waals surface area (Å²) in [6.45, 7) is 2.17. The van der Waals surface area contributed by atoms with Crippen molar-refractivity contribution in [3.05, 3.63) is 34.9 Å². The maximum absolute atomic E-state index is 12.1. The molecule has 0 bridgehead atoms. The summed E-state index contributed by atoms with van der Waals surface area (Å²) in [5.74, 6) is -0.300. The summed E-state index contributed by atoms with van der Waals surface area (Å²) in [7, 11) is 0. The van der Waals surface area contributed by atoms with Gasteiger partial charge in [0.2, 0.25) is 5.91 Å². The van der Waals surface area contributed by atoms with Gasteiger partial charge < -0.3 is 15.7 Å². The van der Waals surface area contributed by atoms with Crippen LogP contribution in [0.3, 0.4) is 0 Å². The van der Waals surface area contributed by atoms with Crippen LogP contribution in [0.2, 0.25) is 5.02 Å². The molecule has 0 heterocycles. The Bertz CT molecular complexity index is 565. The molecule has 23 heavy (non-hydrogen) atoms. The molecule has 1 aromatic carbocycles. The Morgan fingerprint density at radius 3 is 2.78 bits per heavy atom. The molecule has 1 fully saturated rings. The summed E-state index contributed by atoms with van der Waals surface area (Å²) in [5, 5.41) is 15.5. The van der Waals surface area contributed by atoms with Crippen molar-refractivity contribution in [3.63, 3.8) is 0 Å². The Labute approximate surface area is 141 Å². The van der Waals surface area contributed by atoms with E-state index in [1.165, 1.54) is 0 Å². The van der Waals surface area contributed by atoms with E-state index in [-0.39, 0.29) is 17.9 Å². The molecule has 0 spiro atoms. The Morgan fingerprint density at radius 1 is 1.35 bits per heavy atom. The number of halogens is 1. The fraction of sp³-hybridized carbons (Fsp3) is 0.529. The van der Waals surface area contributed by atoms with Crippen molar-refractivity contribution in [3.8, 4) is 0 Å². The minimum atomic E-state index is -0.646. The van der Waals surface area contributed by atoms with E-state index in [0.29, 0.717) is 23.0 Å². The summed E-state index contributed by atoms with van der Waals surface area (Å²) in [6.07, 6.45) is 3.30. The second-order valence-corrected chi connectivity index (χ2v) is 6.51. The molecule has 3 unspecified atom stereocenters. The van der Waals surface area contributed by atoms with Crippen molar-refractivity contribution in [2.45, 2.75) is 44.8 Å². The van der Waals surface area contributed by atoms with Gasteiger partial charge in [-0.05, 0) is 44.2 Å². The van der Waals surface area contributed by atoms with Gasteiger partial charge in [-0.15, -0.1) is 0 Å². The lowest BCUT2D eigenvalue weighted by atomic mass is 9.87. The van der Waals surface area contributed by atoms with Gasteiger partial charge in [-0.2, -0.15) is 0 Å². The molecule has 1 aromatic rings. The minimum Gasteiger partial charge on any atom is -0.393 e. The number of carbonyl (C=O) groups is 2. The summed E-state index contributed by atoms with van der Waals surface area (Å²) in [6, 6.07) is 6.07. The van der Waals surface area contributed by atoms with Crippen molar-refractivity contribution in [1.29, 1.82) is 0 Å². The highest BCUT2D eigenvalue weighted by Gasteiger charge is 2.22. The largest absolute Gasteiger partial charge is 0.393 e. The third-order valence-electron chi connectivity index (χ3n) is 4.18. The molecule has 2 rings (SSSR count). The van der Waals surface area contributed by atoms with Gasteiger partial charge in [-0.25, -0.2) is 0 Å². The Balaban J connectivity index is 1.80. The van der Waals surface area contributed by atoms with Crippen molar-refractivity contribution in [2.24, 2.45) is 5.92 Å². The monoisotopic (exact) mass is 338 g/mol. The molecule has 1 aliphatic carbocycles. The summed E-state index contributed by atoms with van der Waals surface area (Å²) in [5.41, 5.74) is 0.351. The van der Waals surface area contributed by atoms with Gasteiger partial charge >= 0.3 is 0 Å². The van der Waals surface area contributed by atoms with Crippen LogP contribution in [0.15, 0.2) is 24.3 Å². The number of carbonyl (C=O) groups excluding carboxylic acids is 2. The van der Waals surface area contributed by atoms with Crippen molar-refractivity contribution >= 4 is 23.4 Å². The lowest BCUT2D eigenvalue weighted by Crippen LogP contribution is -2.46. The quantitative estimate of drug-likeness (QED) is 0.769. The summed E-state index contributed by atoms with van der Waals surface area (Å²) < 4.78 is 0. The molecule has 0 saturated heterocycles. The van der Waals surface area contributed by atoms with Crippen LogP contribution in [-0.2, 0) is 4.79 Å². The van der Waals surface area contributed by atoms with Crippen LogP contribution in [0.5, 0.6) is 0 Å². The molecule has 6 heteroatoms. The van der Waals surface area contributed by atoms with Crippen molar-refractivity contribution in [2.75, 3.05) is 6.54 Å². The standard InChI is InChI=1S/C17H23ClN2O3/c1-11(20-17(23)14-7-2-3-8-15(14)18)16(22)19-10-12-5-4-6-13(21)9-12/h2-3,7-8,11-13,21H,4-6,9-10H2,1H3,(H,19,22)(H,20,23). The first-order valence-corrected chi connectivity index (χ1v) is 8.36. The number of hydrogen-bond donors (Lipinski definition) is 3. The average Bonchev–Trinajstić information content (AvgIpc) is 2.53. The average molecular weight is 339 g/mol. The SMILES string of the molecule is CC(NC(=O)c1ccccc1Cl)C(=O)NCC1CCCC(O)C1. The fourth-order valence-corrected chi connectivity index (χ4v) is 3.05. The summed E-state index contributed by atoms with van der Waals surface area (Å²) >= 11 is 5.97. The minimum absolute atomic E-state index is 0.231. The van der Waals surface area contributed by atoms with E-state index < -0.39 is 6.04 Å². The van der Waals surface area contributed by atoms with Crippen LogP contribution in [-0.4, -0.2) is 35.6 Å². The normalized spacial score (nSPS) is 22.2. The smallest absolute Gasteiger partial charge is 0.253 e. The number of rotatable bonds is 5. The highest BCUT2D eigenvalue weighted by molar-refractivity contribution is 6.33. The first kappa shape index (κ1) is 17.8. The molecule has 0 aliphatic heterocycles. The first-order chi connectivity index (χ1) is 11.0. The predicted octanol–water partition coefficient (Wildman–Crippen LogP) is 2.13. The lowest BCUT2D eigenvalue weighted by molar-refractivity contribution is -0.122. The zero-order valence-corrected chi connectivity index (χ0v) is 14.0. The van der Waals surface area contributed by atoms with E-state index in [4.69, 9.17) is 11.6 Å². The van der Waals surface area contributed by atoms with E-state index in [2.05, 4.69) is 10.6 Å². The van der Waals surface area contributed by atoms with E-state index >= 15 is 0 Å². The van der Waals surface area contributed by atoms with Gasteiger partial charge in [-0.3, -0.25) is 9.59 Å². The van der Waals surface area contributed by atoms with Gasteiger partial charge in [-0.1, -0.05) is 30.2 Å². The zero-order chi connectivity index (χ0) is 16.8. The molecule has 0 aromatic heterocycles. The van der Waals surface area contributed by atoms with Crippen LogP contribution < -0.4 is 10.6 Å². The van der Waals surface area contributed by atoms with Crippen LogP contribution in [0, 0.1) is 5.92 Å². The van der Waals surface area contributed by atoms with Crippen LogP contribution >= 0.6 is 11.6 Å². The third-order valence-corrected chi connectivity index (χ3v) is 4.51. The number of aliphatic hydroxyl groups is 1. The number of amides is 2. The van der Waals surface area contributed by atoms with Crippen LogP contribution in [0.25, 0.3) is 0 Å². The zero-order valence-electron chi connectivity index (χ0n) is 13.2. The van der Waals surface area contributed by atoms with Crippen molar-refractivity contribution < 1.29 is 14.7 Å². The Morgan fingerprint density at radius 2 is 2.09 bits per heavy atom. The molecule has 1 aliphatic rings. The predicted molar refractivity (Wildman–Crippen MR) is 89.4 cm³/mol. The van der Waals surface area contributed by atoms with Crippen LogP contribution in [0.4, 0.5) is 0 Å². The highest BCUT2D eigenvalue weighted by Crippen LogP contribution is 2.23. The molecule has 5 nitrogen and oxygen atoms in total. The first-order valence-electron chi connectivity index (χ1n) is 7.98. The highest BCUT2D eigenvalue weighted by atomic mass is 35.5. The van der Waals surface area contributed by atoms with Gasteiger partial charge in [0, 0.05) is 6.54 Å². The number of nitrogens with one attached hydrogen (secondary N) is 2. The summed E-state index contributed by atoms with van der Waals surface area (Å²) in [4.78, 5) is 24.2. The number of hydrogen-bond acceptors (Lipinski definition) is 3. The van der Waals surface area contributed by atoms with E-state index in [0.717, 1.165) is 25.7 Å². The maximum Gasteiger partial charge on any atom is 0.253 e. The third kappa shape index (κ3) is 5.22. The molecule has 3 atom stereocenters. The molecule has 2 amide bonds. The Kier molecular flexibility index (Phi) is 6.42. The number of aliphatic hydroxyl groups excluding tert-OH is 1. The molecular formula is C17H23ClN2O3. The van der Waals surface area contributed by atoms with Gasteiger partial charge in [0.05, 0.1) is 16.7 Å². The molecule has 1 saturated carbocycles. The topological polar surface area (TPSA) is 78.4 Å². The van der Waals surface area contributed by atoms with Gasteiger partial charge in [0.1, 0.15) is 6.04 Å². The van der Waals surface area contributed by atoms with E-state index in [1.807, 2.05) is 0 Å². The van der Waals surface area contributed by atoms with Crippen molar-refractivity contribution in [1.82, 2.24) is 10.6 Å². The van der Waals surface area contributed by atoms with Crippen LogP contribution in [0.1, 0.15) is 43.0 Å².